The summed E-state index contributed by atoms with van der Waals surface area (Å²) in [7, 11) is 1.20. The Hall–Kier alpha value is -3.14. The first-order valence-electron chi connectivity index (χ1n) is 8.93. The minimum Gasteiger partial charge on any atom is -0.465 e. The smallest absolute Gasteiger partial charge is 0.348 e. The first kappa shape index (κ1) is 18.6. The van der Waals surface area contributed by atoms with Crippen LogP contribution in [-0.4, -0.2) is 35.6 Å². The Labute approximate surface area is 157 Å². The number of rotatable bonds is 3. The highest BCUT2D eigenvalue weighted by Crippen LogP contribution is 2.25. The topological polar surface area (TPSA) is 87.7 Å². The first-order valence-corrected chi connectivity index (χ1v) is 8.93. The van der Waals surface area contributed by atoms with Gasteiger partial charge >= 0.3 is 5.97 Å². The number of esters is 1. The van der Waals surface area contributed by atoms with E-state index in [2.05, 4.69) is 16.6 Å². The average molecular weight is 366 g/mol. The van der Waals surface area contributed by atoms with E-state index in [0.29, 0.717) is 17.4 Å². The Morgan fingerprint density at radius 1 is 1.48 bits per heavy atom. The van der Waals surface area contributed by atoms with E-state index in [1.807, 2.05) is 19.1 Å². The summed E-state index contributed by atoms with van der Waals surface area (Å²) in [6, 6.07) is 5.49. The van der Waals surface area contributed by atoms with Crippen LogP contribution in [0.5, 0.6) is 0 Å². The van der Waals surface area contributed by atoms with Gasteiger partial charge < -0.3 is 9.64 Å². The third-order valence-corrected chi connectivity index (χ3v) is 4.84. The van der Waals surface area contributed by atoms with Crippen molar-refractivity contribution in [1.29, 1.82) is 5.26 Å². The van der Waals surface area contributed by atoms with Crippen LogP contribution in [0.3, 0.4) is 0 Å². The number of pyridine rings is 1. The molecule has 1 fully saturated rings. The Bertz CT molecular complexity index is 1020. The highest BCUT2D eigenvalue weighted by molar-refractivity contribution is 5.98. The maximum Gasteiger partial charge on any atom is 0.348 e. The van der Waals surface area contributed by atoms with Gasteiger partial charge in [0.15, 0.2) is 0 Å². The zero-order valence-corrected chi connectivity index (χ0v) is 15.7. The number of anilines is 1. The van der Waals surface area contributed by atoms with Gasteiger partial charge in [-0.25, -0.2) is 9.78 Å². The molecule has 3 rings (SSSR count). The second-order valence-electron chi connectivity index (χ2n) is 6.89. The molecule has 0 aliphatic carbocycles. The zero-order chi connectivity index (χ0) is 19.6. The fourth-order valence-electron chi connectivity index (χ4n) is 3.44. The number of ether oxygens (including phenoxy) is 1. The molecule has 0 radical (unpaired) electrons. The van der Waals surface area contributed by atoms with Crippen molar-refractivity contribution in [1.82, 2.24) is 9.38 Å². The van der Waals surface area contributed by atoms with Gasteiger partial charge in [-0.15, -0.1) is 0 Å². The van der Waals surface area contributed by atoms with Crippen LogP contribution in [-0.2, 0) is 9.53 Å². The lowest BCUT2D eigenvalue weighted by molar-refractivity contribution is -0.135. The average Bonchev–Trinajstić information content (AvgIpc) is 2.67. The molecule has 3 heterocycles. The SMILES string of the molecule is COC(=O)C(C#N)=Cc1c(N2CCCC(C)C2)nc2c(C)cccn2c1=O. The standard InChI is InChI=1S/C20H22N4O3/c1-13-6-4-8-23(12-13)18-16(10-15(11-21)20(26)27-3)19(25)24-9-5-7-14(2)17(24)22-18/h5,7,9-10,13H,4,6,8,12H2,1-3H3. The molecule has 7 heteroatoms. The molecule has 0 aromatic carbocycles. The molecule has 0 saturated carbocycles. The molecule has 0 N–H and O–H groups in total. The van der Waals surface area contributed by atoms with Gasteiger partial charge in [0.1, 0.15) is 23.1 Å². The van der Waals surface area contributed by atoms with Crippen molar-refractivity contribution < 1.29 is 9.53 Å². The minimum atomic E-state index is -0.774. The lowest BCUT2D eigenvalue weighted by Crippen LogP contribution is -2.37. The van der Waals surface area contributed by atoms with Crippen molar-refractivity contribution in [2.24, 2.45) is 5.92 Å². The van der Waals surface area contributed by atoms with Crippen molar-refractivity contribution in [2.45, 2.75) is 26.7 Å². The summed E-state index contributed by atoms with van der Waals surface area (Å²) in [6.45, 7) is 5.61. The third kappa shape index (κ3) is 3.56. The summed E-state index contributed by atoms with van der Waals surface area (Å²) in [4.78, 5) is 31.9. The molecule has 27 heavy (non-hydrogen) atoms. The number of aromatic nitrogens is 2. The number of nitriles is 1. The van der Waals surface area contributed by atoms with E-state index >= 15 is 0 Å². The van der Waals surface area contributed by atoms with Gasteiger partial charge in [-0.05, 0) is 43.4 Å². The van der Waals surface area contributed by atoms with Crippen LogP contribution in [0, 0.1) is 24.2 Å². The zero-order valence-electron chi connectivity index (χ0n) is 15.7. The molecule has 1 unspecified atom stereocenters. The Morgan fingerprint density at radius 2 is 2.26 bits per heavy atom. The van der Waals surface area contributed by atoms with Crippen LogP contribution in [0.1, 0.15) is 30.9 Å². The lowest BCUT2D eigenvalue weighted by atomic mass is 10.00. The second-order valence-corrected chi connectivity index (χ2v) is 6.89. The molecule has 140 valence electrons. The van der Waals surface area contributed by atoms with E-state index in [1.165, 1.54) is 17.6 Å². The molecule has 1 aliphatic heterocycles. The molecular weight excluding hydrogens is 344 g/mol. The Morgan fingerprint density at radius 3 is 2.93 bits per heavy atom. The van der Waals surface area contributed by atoms with Gasteiger partial charge in [-0.1, -0.05) is 13.0 Å². The molecule has 1 aliphatic rings. The van der Waals surface area contributed by atoms with E-state index in [1.54, 1.807) is 12.3 Å². The highest BCUT2D eigenvalue weighted by Gasteiger charge is 2.24. The summed E-state index contributed by atoms with van der Waals surface area (Å²) in [6.07, 6.45) is 5.06. The van der Waals surface area contributed by atoms with Crippen molar-refractivity contribution >= 4 is 23.5 Å². The van der Waals surface area contributed by atoms with Gasteiger partial charge in [-0.3, -0.25) is 9.20 Å². The molecule has 1 atom stereocenters. The summed E-state index contributed by atoms with van der Waals surface area (Å²) < 4.78 is 6.10. The van der Waals surface area contributed by atoms with E-state index in [9.17, 15) is 14.9 Å². The second kappa shape index (κ2) is 7.62. The van der Waals surface area contributed by atoms with Crippen LogP contribution in [0.15, 0.2) is 28.7 Å². The highest BCUT2D eigenvalue weighted by atomic mass is 16.5. The van der Waals surface area contributed by atoms with Gasteiger partial charge in [0.2, 0.25) is 0 Å². The monoisotopic (exact) mass is 366 g/mol. The maximum atomic E-state index is 13.2. The predicted molar refractivity (Wildman–Crippen MR) is 102 cm³/mol. The molecule has 2 aromatic rings. The Kier molecular flexibility index (Phi) is 5.26. The molecule has 1 saturated heterocycles. The minimum absolute atomic E-state index is 0.227. The fourth-order valence-corrected chi connectivity index (χ4v) is 3.44. The van der Waals surface area contributed by atoms with Gasteiger partial charge in [0, 0.05) is 19.3 Å². The van der Waals surface area contributed by atoms with Crippen molar-refractivity contribution in [3.63, 3.8) is 0 Å². The normalized spacial score (nSPS) is 17.6. The molecule has 0 amide bonds. The molecule has 2 aromatic heterocycles. The van der Waals surface area contributed by atoms with E-state index < -0.39 is 5.97 Å². The van der Waals surface area contributed by atoms with Crippen LogP contribution >= 0.6 is 0 Å². The van der Waals surface area contributed by atoms with Crippen LogP contribution < -0.4 is 10.5 Å². The van der Waals surface area contributed by atoms with Crippen molar-refractivity contribution in [3.05, 3.63) is 45.4 Å². The predicted octanol–water partition coefficient (Wildman–Crippen LogP) is 2.32. The first-order chi connectivity index (χ1) is 13.0. The van der Waals surface area contributed by atoms with Crippen molar-refractivity contribution in [2.75, 3.05) is 25.1 Å². The lowest BCUT2D eigenvalue weighted by Gasteiger charge is -2.32. The summed E-state index contributed by atoms with van der Waals surface area (Å²) >= 11 is 0. The Balaban J connectivity index is 2.29. The number of fused-ring (bicyclic) bond motifs is 1. The van der Waals surface area contributed by atoms with Gasteiger partial charge in [-0.2, -0.15) is 5.26 Å². The summed E-state index contributed by atoms with van der Waals surface area (Å²) in [5.74, 6) is 0.213. The number of hydrogen-bond acceptors (Lipinski definition) is 6. The molecule has 0 spiro atoms. The van der Waals surface area contributed by atoms with Gasteiger partial charge in [0.25, 0.3) is 5.56 Å². The number of aryl methyl sites for hydroxylation is 1. The maximum absolute atomic E-state index is 13.2. The number of carbonyl (C=O) groups is 1. The molecule has 7 nitrogen and oxygen atoms in total. The molecular formula is C20H22N4O3. The largest absolute Gasteiger partial charge is 0.465 e. The van der Waals surface area contributed by atoms with Crippen LogP contribution in [0.2, 0.25) is 0 Å². The summed E-state index contributed by atoms with van der Waals surface area (Å²) in [5, 5.41) is 9.32. The van der Waals surface area contributed by atoms with E-state index in [-0.39, 0.29) is 16.7 Å². The van der Waals surface area contributed by atoms with E-state index in [4.69, 9.17) is 4.98 Å². The number of methoxy groups -OCH3 is 1. The number of hydrogen-bond donors (Lipinski definition) is 0. The quantitative estimate of drug-likeness (QED) is 0.471. The molecule has 0 bridgehead atoms. The number of nitrogens with zero attached hydrogens (tertiary/aromatic N) is 4. The van der Waals surface area contributed by atoms with Gasteiger partial charge in [0.05, 0.1) is 12.7 Å². The number of piperidine rings is 1. The van der Waals surface area contributed by atoms with Crippen molar-refractivity contribution in [3.8, 4) is 6.07 Å². The van der Waals surface area contributed by atoms with Crippen LogP contribution in [0.25, 0.3) is 11.7 Å². The number of carbonyl (C=O) groups excluding carboxylic acids is 1. The fraction of sp³-hybridized carbons (Fsp3) is 0.400. The van der Waals surface area contributed by atoms with E-state index in [0.717, 1.165) is 31.5 Å². The summed E-state index contributed by atoms with van der Waals surface area (Å²) in [5.41, 5.74) is 1.15. The van der Waals surface area contributed by atoms with Crippen LogP contribution in [0.4, 0.5) is 5.82 Å². The third-order valence-electron chi connectivity index (χ3n) is 4.84.